The summed E-state index contributed by atoms with van der Waals surface area (Å²) in [6, 6.07) is 2.77. The zero-order valence-electron chi connectivity index (χ0n) is 8.70. The smallest absolute Gasteiger partial charge is 0.343 e. The van der Waals surface area contributed by atoms with Crippen LogP contribution in [0.5, 0.6) is 0 Å². The standard InChI is InChI=1S/C9H8BrFN4OS/c1-15-8(16)13-14-9(15)17-7-2-4(10)5(11)3-6(7)12/h2-3H,12H2,1H3,(H,13,16). The van der Waals surface area contributed by atoms with Gasteiger partial charge in [0.15, 0.2) is 5.16 Å². The number of H-pyrrole nitrogens is 1. The average Bonchev–Trinajstić information content (AvgIpc) is 2.58. The van der Waals surface area contributed by atoms with Crippen LogP contribution in [0, 0.1) is 5.82 Å². The van der Waals surface area contributed by atoms with Crippen molar-refractivity contribution < 1.29 is 4.39 Å². The van der Waals surface area contributed by atoms with Gasteiger partial charge in [-0.15, -0.1) is 5.10 Å². The average molecular weight is 319 g/mol. The number of nitrogens with two attached hydrogens (primary N) is 1. The van der Waals surface area contributed by atoms with Crippen molar-refractivity contribution >= 4 is 33.4 Å². The lowest BCUT2D eigenvalue weighted by molar-refractivity contribution is 0.620. The number of anilines is 1. The maximum Gasteiger partial charge on any atom is 0.343 e. The van der Waals surface area contributed by atoms with Crippen LogP contribution in [0.1, 0.15) is 0 Å². The summed E-state index contributed by atoms with van der Waals surface area (Å²) in [7, 11) is 1.59. The molecule has 0 aliphatic heterocycles. The van der Waals surface area contributed by atoms with Crippen LogP contribution in [0.3, 0.4) is 0 Å². The van der Waals surface area contributed by atoms with E-state index in [0.717, 1.165) is 0 Å². The number of hydrogen-bond acceptors (Lipinski definition) is 4. The van der Waals surface area contributed by atoms with Crippen molar-refractivity contribution in [3.05, 3.63) is 32.9 Å². The van der Waals surface area contributed by atoms with Crippen molar-refractivity contribution in [1.82, 2.24) is 14.8 Å². The van der Waals surface area contributed by atoms with Crippen molar-refractivity contribution in [2.75, 3.05) is 5.73 Å². The van der Waals surface area contributed by atoms with Gasteiger partial charge in [-0.05, 0) is 39.8 Å². The Morgan fingerprint density at radius 3 is 2.88 bits per heavy atom. The molecule has 8 heteroatoms. The molecule has 2 rings (SSSR count). The normalized spacial score (nSPS) is 10.8. The molecule has 0 saturated heterocycles. The van der Waals surface area contributed by atoms with Crippen LogP contribution < -0.4 is 11.4 Å². The van der Waals surface area contributed by atoms with Gasteiger partial charge >= 0.3 is 5.69 Å². The highest BCUT2D eigenvalue weighted by Gasteiger charge is 2.11. The van der Waals surface area contributed by atoms with Gasteiger partial charge in [0.2, 0.25) is 0 Å². The van der Waals surface area contributed by atoms with Gasteiger partial charge in [0.05, 0.1) is 4.47 Å². The molecular weight excluding hydrogens is 311 g/mol. The predicted molar refractivity (Wildman–Crippen MR) is 66.5 cm³/mol. The van der Waals surface area contributed by atoms with E-state index in [-0.39, 0.29) is 5.69 Å². The molecule has 0 atom stereocenters. The van der Waals surface area contributed by atoms with Crippen LogP contribution in [-0.4, -0.2) is 14.8 Å². The maximum atomic E-state index is 13.2. The fourth-order valence-corrected chi connectivity index (χ4v) is 2.51. The fourth-order valence-electron chi connectivity index (χ4n) is 1.15. The van der Waals surface area contributed by atoms with Crippen molar-refractivity contribution in [3.63, 3.8) is 0 Å². The Labute approximate surface area is 108 Å². The Hall–Kier alpha value is -1.28. The van der Waals surface area contributed by atoms with Gasteiger partial charge in [-0.2, -0.15) is 0 Å². The van der Waals surface area contributed by atoms with Gasteiger partial charge in [-0.1, -0.05) is 0 Å². The van der Waals surface area contributed by atoms with E-state index in [4.69, 9.17) is 5.73 Å². The second-order valence-corrected chi connectivity index (χ2v) is 5.14. The van der Waals surface area contributed by atoms with Gasteiger partial charge in [-0.25, -0.2) is 14.3 Å². The second kappa shape index (κ2) is 4.53. The molecule has 1 heterocycles. The van der Waals surface area contributed by atoms with Gasteiger partial charge < -0.3 is 5.73 Å². The number of aromatic nitrogens is 3. The minimum atomic E-state index is -0.428. The number of nitrogen functional groups attached to an aromatic ring is 1. The highest BCUT2D eigenvalue weighted by Crippen LogP contribution is 2.33. The van der Waals surface area contributed by atoms with Crippen LogP contribution in [-0.2, 0) is 7.05 Å². The molecule has 1 aromatic heterocycles. The van der Waals surface area contributed by atoms with Gasteiger partial charge in [0.1, 0.15) is 5.82 Å². The van der Waals surface area contributed by atoms with E-state index in [1.54, 1.807) is 13.1 Å². The van der Waals surface area contributed by atoms with Crippen LogP contribution >= 0.6 is 27.7 Å². The molecule has 90 valence electrons. The largest absolute Gasteiger partial charge is 0.398 e. The third-order valence-corrected chi connectivity index (χ3v) is 3.82. The lowest BCUT2D eigenvalue weighted by Crippen LogP contribution is -2.12. The maximum absolute atomic E-state index is 13.2. The highest BCUT2D eigenvalue weighted by atomic mass is 79.9. The zero-order valence-corrected chi connectivity index (χ0v) is 11.1. The number of rotatable bonds is 2. The van der Waals surface area contributed by atoms with Gasteiger partial charge in [0.25, 0.3) is 0 Å². The molecule has 2 aromatic rings. The molecule has 0 amide bonds. The first-order chi connectivity index (χ1) is 7.99. The summed E-state index contributed by atoms with van der Waals surface area (Å²) in [6.07, 6.45) is 0. The molecule has 0 unspecified atom stereocenters. The van der Waals surface area contributed by atoms with Crippen molar-refractivity contribution in [1.29, 1.82) is 0 Å². The Bertz CT molecular complexity index is 624. The summed E-state index contributed by atoms with van der Waals surface area (Å²) in [6.45, 7) is 0. The first kappa shape index (κ1) is 12.2. The highest BCUT2D eigenvalue weighted by molar-refractivity contribution is 9.10. The molecule has 0 aliphatic carbocycles. The first-order valence-corrected chi connectivity index (χ1v) is 6.13. The van der Waals surface area contributed by atoms with E-state index in [1.807, 2.05) is 0 Å². The molecule has 0 radical (unpaired) electrons. The Balaban J connectivity index is 2.40. The van der Waals surface area contributed by atoms with Gasteiger partial charge in [0, 0.05) is 17.6 Å². The topological polar surface area (TPSA) is 76.7 Å². The van der Waals surface area contributed by atoms with E-state index in [0.29, 0.717) is 20.2 Å². The van der Waals surface area contributed by atoms with Crippen molar-refractivity contribution in [2.24, 2.45) is 7.05 Å². The molecule has 17 heavy (non-hydrogen) atoms. The predicted octanol–water partition coefficient (Wildman–Crippen LogP) is 1.74. The molecule has 0 fully saturated rings. The fraction of sp³-hybridized carbons (Fsp3) is 0.111. The van der Waals surface area contributed by atoms with E-state index in [1.165, 1.54) is 22.4 Å². The minimum Gasteiger partial charge on any atom is -0.398 e. The quantitative estimate of drug-likeness (QED) is 0.827. The van der Waals surface area contributed by atoms with E-state index < -0.39 is 5.82 Å². The third kappa shape index (κ3) is 2.37. The molecule has 1 aromatic carbocycles. The summed E-state index contributed by atoms with van der Waals surface area (Å²) in [5, 5.41) is 6.60. The van der Waals surface area contributed by atoms with Crippen LogP contribution in [0.2, 0.25) is 0 Å². The monoisotopic (exact) mass is 318 g/mol. The second-order valence-electron chi connectivity index (χ2n) is 3.28. The zero-order chi connectivity index (χ0) is 12.6. The molecule has 5 nitrogen and oxygen atoms in total. The number of halogens is 2. The Morgan fingerprint density at radius 1 is 1.59 bits per heavy atom. The number of nitrogens with one attached hydrogen (secondary N) is 1. The van der Waals surface area contributed by atoms with E-state index in [9.17, 15) is 9.18 Å². The molecule has 0 aliphatic rings. The SMILES string of the molecule is Cn1c(Sc2cc(Br)c(F)cc2N)n[nH]c1=O. The lowest BCUT2D eigenvalue weighted by atomic mass is 10.3. The Morgan fingerprint density at radius 2 is 2.29 bits per heavy atom. The summed E-state index contributed by atoms with van der Waals surface area (Å²) in [5.74, 6) is -0.428. The summed E-state index contributed by atoms with van der Waals surface area (Å²) >= 11 is 4.26. The Kier molecular flexibility index (Phi) is 3.25. The van der Waals surface area contributed by atoms with Gasteiger partial charge in [-0.3, -0.25) is 4.57 Å². The van der Waals surface area contributed by atoms with Crippen LogP contribution in [0.4, 0.5) is 10.1 Å². The number of benzene rings is 1. The first-order valence-electron chi connectivity index (χ1n) is 4.53. The van der Waals surface area contributed by atoms with Crippen molar-refractivity contribution in [2.45, 2.75) is 10.1 Å². The molecule has 0 spiro atoms. The van der Waals surface area contributed by atoms with Crippen LogP contribution in [0.15, 0.2) is 31.5 Å². The summed E-state index contributed by atoms with van der Waals surface area (Å²) in [5.41, 5.74) is 5.67. The molecule has 0 bridgehead atoms. The number of hydrogen-bond donors (Lipinski definition) is 2. The van der Waals surface area contributed by atoms with E-state index in [2.05, 4.69) is 26.1 Å². The summed E-state index contributed by atoms with van der Waals surface area (Å²) in [4.78, 5) is 11.8. The number of aromatic amines is 1. The lowest BCUT2D eigenvalue weighted by Gasteiger charge is -2.05. The summed E-state index contributed by atoms with van der Waals surface area (Å²) < 4.78 is 14.8. The van der Waals surface area contributed by atoms with Crippen molar-refractivity contribution in [3.8, 4) is 0 Å². The minimum absolute atomic E-state index is 0.297. The molecular formula is C9H8BrFN4OS. The number of nitrogens with zero attached hydrogens (tertiary/aromatic N) is 2. The third-order valence-electron chi connectivity index (χ3n) is 2.09. The van der Waals surface area contributed by atoms with Crippen LogP contribution in [0.25, 0.3) is 0 Å². The van der Waals surface area contributed by atoms with E-state index >= 15 is 0 Å². The molecule has 0 saturated carbocycles. The molecule has 3 N–H and O–H groups in total.